The summed E-state index contributed by atoms with van der Waals surface area (Å²) in [4.78, 5) is 15.7. The van der Waals surface area contributed by atoms with E-state index in [2.05, 4.69) is 58.7 Å². The van der Waals surface area contributed by atoms with Gasteiger partial charge in [0.2, 0.25) is 5.91 Å². The molecule has 1 saturated heterocycles. The lowest BCUT2D eigenvalue weighted by Gasteiger charge is -2.36. The van der Waals surface area contributed by atoms with Crippen LogP contribution in [0.5, 0.6) is 0 Å². The summed E-state index contributed by atoms with van der Waals surface area (Å²) < 4.78 is 19.4. The van der Waals surface area contributed by atoms with Crippen LogP contribution in [0.15, 0.2) is 72.8 Å². The van der Waals surface area contributed by atoms with Gasteiger partial charge in [0, 0.05) is 38.5 Å². The minimum absolute atomic E-state index is 0.0610. The molecule has 33 heavy (non-hydrogen) atoms. The Morgan fingerprint density at radius 1 is 0.970 bits per heavy atom. The van der Waals surface area contributed by atoms with Crippen LogP contribution in [-0.2, 0) is 34.5 Å². The van der Waals surface area contributed by atoms with E-state index in [1.165, 1.54) is 28.9 Å². The van der Waals surface area contributed by atoms with Crippen LogP contribution in [0.25, 0.3) is 0 Å². The van der Waals surface area contributed by atoms with E-state index < -0.39 is 5.41 Å². The number of hydrogen-bond donors (Lipinski definition) is 1. The van der Waals surface area contributed by atoms with Crippen LogP contribution in [0.2, 0.25) is 0 Å². The molecular weight excluding hydrogens is 415 g/mol. The maximum atomic E-state index is 13.9. The Balaban J connectivity index is 1.24. The molecule has 0 spiro atoms. The van der Waals surface area contributed by atoms with Gasteiger partial charge in [-0.3, -0.25) is 4.79 Å². The summed E-state index contributed by atoms with van der Waals surface area (Å²) in [5.74, 6) is -0.378. The second-order valence-electron chi connectivity index (χ2n) is 9.00. The van der Waals surface area contributed by atoms with Crippen molar-refractivity contribution in [3.8, 4) is 0 Å². The van der Waals surface area contributed by atoms with Crippen molar-refractivity contribution in [3.63, 3.8) is 0 Å². The number of amides is 1. The van der Waals surface area contributed by atoms with Gasteiger partial charge in [-0.05, 0) is 59.7 Å². The van der Waals surface area contributed by atoms with E-state index in [1.807, 2.05) is 6.07 Å². The average molecular weight is 445 g/mol. The molecule has 170 valence electrons. The molecule has 5 heteroatoms. The third kappa shape index (κ3) is 4.51. The number of nitrogens with one attached hydrogen (secondary N) is 1. The number of nitrogens with zero attached hydrogens (tertiary/aromatic N) is 1. The van der Waals surface area contributed by atoms with Crippen molar-refractivity contribution in [1.82, 2.24) is 5.32 Å². The van der Waals surface area contributed by atoms with Crippen LogP contribution in [0.1, 0.15) is 35.1 Å². The molecule has 5 rings (SSSR count). The summed E-state index contributed by atoms with van der Waals surface area (Å²) in [6.07, 6.45) is 2.20. The number of anilines is 1. The second-order valence-corrected chi connectivity index (χ2v) is 9.00. The molecule has 0 bridgehead atoms. The van der Waals surface area contributed by atoms with Crippen LogP contribution in [0.4, 0.5) is 10.1 Å². The Hall–Kier alpha value is -3.18. The molecule has 0 saturated carbocycles. The van der Waals surface area contributed by atoms with E-state index in [4.69, 9.17) is 4.74 Å². The largest absolute Gasteiger partial charge is 0.381 e. The van der Waals surface area contributed by atoms with E-state index in [0.29, 0.717) is 32.6 Å². The normalized spacial score (nSPS) is 16.9. The van der Waals surface area contributed by atoms with E-state index in [9.17, 15) is 9.18 Å². The molecule has 0 atom stereocenters. The number of fused-ring (bicyclic) bond motifs is 1. The van der Waals surface area contributed by atoms with Crippen LogP contribution < -0.4 is 10.2 Å². The highest BCUT2D eigenvalue weighted by Crippen LogP contribution is 2.35. The zero-order valence-corrected chi connectivity index (χ0v) is 18.7. The van der Waals surface area contributed by atoms with Crippen molar-refractivity contribution < 1.29 is 13.9 Å². The van der Waals surface area contributed by atoms with E-state index in [-0.39, 0.29) is 11.7 Å². The Morgan fingerprint density at radius 3 is 2.52 bits per heavy atom. The minimum atomic E-state index is -0.747. The van der Waals surface area contributed by atoms with Gasteiger partial charge in [-0.1, -0.05) is 54.6 Å². The highest BCUT2D eigenvalue weighted by molar-refractivity contribution is 5.88. The van der Waals surface area contributed by atoms with Gasteiger partial charge in [0.05, 0.1) is 5.41 Å². The van der Waals surface area contributed by atoms with Crippen molar-refractivity contribution in [1.29, 1.82) is 0 Å². The van der Waals surface area contributed by atoms with Crippen molar-refractivity contribution in [2.24, 2.45) is 0 Å². The lowest BCUT2D eigenvalue weighted by Crippen LogP contribution is -2.47. The first-order valence-corrected chi connectivity index (χ1v) is 11.7. The molecule has 0 aromatic heterocycles. The molecule has 0 radical (unpaired) electrons. The molecule has 1 N–H and O–H groups in total. The molecular formula is C28H29FN2O2. The van der Waals surface area contributed by atoms with Crippen LogP contribution in [0.3, 0.4) is 0 Å². The second kappa shape index (κ2) is 9.36. The zero-order chi connectivity index (χ0) is 22.7. The first-order valence-electron chi connectivity index (χ1n) is 11.7. The number of hydrogen-bond acceptors (Lipinski definition) is 3. The number of carbonyl (C=O) groups excluding carboxylic acids is 1. The highest BCUT2D eigenvalue weighted by Gasteiger charge is 2.41. The fraction of sp³-hybridized carbons (Fsp3) is 0.321. The molecule has 0 aliphatic carbocycles. The highest BCUT2D eigenvalue weighted by atomic mass is 19.1. The summed E-state index contributed by atoms with van der Waals surface area (Å²) in [5, 5.41) is 3.11. The quantitative estimate of drug-likeness (QED) is 0.596. The van der Waals surface area contributed by atoms with Gasteiger partial charge in [0.15, 0.2) is 0 Å². The molecule has 1 fully saturated rings. The van der Waals surface area contributed by atoms with Gasteiger partial charge < -0.3 is 15.0 Å². The minimum Gasteiger partial charge on any atom is -0.381 e. The summed E-state index contributed by atoms with van der Waals surface area (Å²) in [5.41, 5.74) is 5.02. The monoisotopic (exact) mass is 444 g/mol. The number of ether oxygens (including phenoxy) is 1. The summed E-state index contributed by atoms with van der Waals surface area (Å²) in [6, 6.07) is 23.4. The Labute approximate surface area is 194 Å². The van der Waals surface area contributed by atoms with Crippen LogP contribution in [-0.4, -0.2) is 25.7 Å². The fourth-order valence-electron chi connectivity index (χ4n) is 5.06. The maximum Gasteiger partial charge on any atom is 0.231 e. The smallest absolute Gasteiger partial charge is 0.231 e. The number of carbonyl (C=O) groups is 1. The first kappa shape index (κ1) is 21.7. The third-order valence-corrected chi connectivity index (χ3v) is 6.99. The van der Waals surface area contributed by atoms with E-state index in [0.717, 1.165) is 30.6 Å². The summed E-state index contributed by atoms with van der Waals surface area (Å²) in [6.45, 7) is 3.37. The molecule has 3 aromatic rings. The van der Waals surface area contributed by atoms with Gasteiger partial charge in [0.25, 0.3) is 0 Å². The van der Waals surface area contributed by atoms with Crippen LogP contribution >= 0.6 is 0 Å². The van der Waals surface area contributed by atoms with E-state index in [1.54, 1.807) is 6.07 Å². The Bertz CT molecular complexity index is 1120. The topological polar surface area (TPSA) is 41.6 Å². The van der Waals surface area contributed by atoms with Gasteiger partial charge in [-0.15, -0.1) is 0 Å². The Morgan fingerprint density at radius 2 is 1.73 bits per heavy atom. The Kier molecular flexibility index (Phi) is 6.14. The zero-order valence-electron chi connectivity index (χ0n) is 18.7. The fourth-order valence-corrected chi connectivity index (χ4v) is 5.06. The average Bonchev–Trinajstić information content (AvgIpc) is 3.26. The number of para-hydroxylation sites is 1. The molecule has 4 nitrogen and oxygen atoms in total. The van der Waals surface area contributed by atoms with Crippen molar-refractivity contribution >= 4 is 11.6 Å². The molecule has 1 amide bonds. The molecule has 2 aliphatic heterocycles. The summed E-state index contributed by atoms with van der Waals surface area (Å²) >= 11 is 0. The standard InChI is InChI=1S/C28H29FN2O2/c29-25-6-3-5-24(18-25)28(13-16-33-17-14-28)27(32)30-19-21-8-10-22(11-9-21)20-31-15-12-23-4-1-2-7-26(23)31/h1-11,18H,12-17,19-20H2,(H,30,32). The molecule has 2 aliphatic rings. The number of halogens is 1. The lowest BCUT2D eigenvalue weighted by atomic mass is 9.73. The predicted octanol–water partition coefficient (Wildman–Crippen LogP) is 4.75. The number of rotatable bonds is 6. The van der Waals surface area contributed by atoms with Crippen molar-refractivity contribution in [2.75, 3.05) is 24.7 Å². The third-order valence-electron chi connectivity index (χ3n) is 6.99. The van der Waals surface area contributed by atoms with Gasteiger partial charge in [-0.25, -0.2) is 4.39 Å². The summed E-state index contributed by atoms with van der Waals surface area (Å²) in [7, 11) is 0. The van der Waals surface area contributed by atoms with Gasteiger partial charge in [0.1, 0.15) is 5.82 Å². The lowest BCUT2D eigenvalue weighted by molar-refractivity contribution is -0.130. The predicted molar refractivity (Wildman–Crippen MR) is 128 cm³/mol. The van der Waals surface area contributed by atoms with E-state index >= 15 is 0 Å². The van der Waals surface area contributed by atoms with Crippen molar-refractivity contribution in [2.45, 2.75) is 37.8 Å². The van der Waals surface area contributed by atoms with Crippen molar-refractivity contribution in [3.05, 3.63) is 101 Å². The SMILES string of the molecule is O=C(NCc1ccc(CN2CCc3ccccc32)cc1)C1(c2cccc(F)c2)CCOCC1. The van der Waals surface area contributed by atoms with Gasteiger partial charge in [-0.2, -0.15) is 0 Å². The number of benzene rings is 3. The molecule has 2 heterocycles. The van der Waals surface area contributed by atoms with Crippen LogP contribution in [0, 0.1) is 5.82 Å². The molecule has 0 unspecified atom stereocenters. The maximum absolute atomic E-state index is 13.9. The first-order chi connectivity index (χ1) is 16.1. The van der Waals surface area contributed by atoms with Gasteiger partial charge >= 0.3 is 0 Å². The molecule has 3 aromatic carbocycles.